The summed E-state index contributed by atoms with van der Waals surface area (Å²) in [5.41, 5.74) is 0.649. The normalized spacial score (nSPS) is 11.9. The summed E-state index contributed by atoms with van der Waals surface area (Å²) in [6.45, 7) is 0.151. The summed E-state index contributed by atoms with van der Waals surface area (Å²) in [7, 11) is 1.68. The van der Waals surface area contributed by atoms with E-state index in [1.165, 1.54) is 23.5 Å². The first-order valence-corrected chi connectivity index (χ1v) is 6.83. The Labute approximate surface area is 119 Å². The number of hydrogen-bond donors (Lipinski definition) is 3. The van der Waals surface area contributed by atoms with Gasteiger partial charge in [-0.2, -0.15) is 11.3 Å². The van der Waals surface area contributed by atoms with Crippen LogP contribution < -0.4 is 10.6 Å². The molecular weight excluding hydrogens is 280 g/mol. The summed E-state index contributed by atoms with van der Waals surface area (Å²) in [6.07, 6.45) is -0.735. The van der Waals surface area contributed by atoms with E-state index in [0.29, 0.717) is 5.82 Å². The van der Waals surface area contributed by atoms with Crippen LogP contribution >= 0.6 is 11.3 Å². The van der Waals surface area contributed by atoms with Gasteiger partial charge in [-0.25, -0.2) is 4.98 Å². The molecule has 1 unspecified atom stereocenters. The molecule has 2 aromatic heterocycles. The van der Waals surface area contributed by atoms with Gasteiger partial charge in [0.15, 0.2) is 0 Å². The highest BCUT2D eigenvalue weighted by Gasteiger charge is 2.17. The Balaban J connectivity index is 2.13. The van der Waals surface area contributed by atoms with Crippen molar-refractivity contribution >= 4 is 28.7 Å². The molecule has 0 radical (unpaired) electrons. The third-order valence-corrected chi connectivity index (χ3v) is 3.42. The molecule has 2 heterocycles. The number of nitro groups is 1. The molecule has 106 valence electrons. The Bertz CT molecular complexity index is 588. The molecular formula is C12H14N4O3S. The molecule has 8 heteroatoms. The summed E-state index contributed by atoms with van der Waals surface area (Å²) in [6, 6.07) is 4.71. The first-order valence-electron chi connectivity index (χ1n) is 5.89. The fourth-order valence-electron chi connectivity index (χ4n) is 1.64. The van der Waals surface area contributed by atoms with Crippen molar-refractivity contribution in [3.8, 4) is 0 Å². The Morgan fingerprint density at radius 2 is 2.30 bits per heavy atom. The van der Waals surface area contributed by atoms with Gasteiger partial charge in [-0.3, -0.25) is 10.1 Å². The highest BCUT2D eigenvalue weighted by atomic mass is 32.1. The Hall–Kier alpha value is -2.19. The van der Waals surface area contributed by atoms with Crippen LogP contribution in [0.25, 0.3) is 0 Å². The van der Waals surface area contributed by atoms with E-state index in [9.17, 15) is 15.2 Å². The van der Waals surface area contributed by atoms with Gasteiger partial charge in [0.05, 0.1) is 11.0 Å². The second-order valence-corrected chi connectivity index (χ2v) is 4.80. The molecule has 0 aromatic carbocycles. The fourth-order valence-corrected chi connectivity index (χ4v) is 2.35. The number of pyridine rings is 1. The number of aliphatic hydroxyl groups excluding tert-OH is 1. The molecule has 2 rings (SSSR count). The van der Waals surface area contributed by atoms with Crippen LogP contribution in [0.1, 0.15) is 11.7 Å². The Morgan fingerprint density at radius 3 is 2.90 bits per heavy atom. The first kappa shape index (κ1) is 14.2. The molecule has 0 spiro atoms. The van der Waals surface area contributed by atoms with Crippen molar-refractivity contribution in [2.45, 2.75) is 6.10 Å². The van der Waals surface area contributed by atoms with Gasteiger partial charge in [0.25, 0.3) is 0 Å². The lowest BCUT2D eigenvalue weighted by atomic mass is 10.2. The zero-order valence-corrected chi connectivity index (χ0v) is 11.6. The van der Waals surface area contributed by atoms with Gasteiger partial charge in [-0.15, -0.1) is 0 Å². The standard InChI is InChI=1S/C12H14N4O3S/c1-13-11-3-2-9(16(18)19)12(15-11)14-6-10(17)8-4-5-20-7-8/h2-5,7,10,17H,6H2,1H3,(H2,13,14,15). The summed E-state index contributed by atoms with van der Waals surface area (Å²) in [4.78, 5) is 14.5. The van der Waals surface area contributed by atoms with Crippen LogP contribution in [0, 0.1) is 10.1 Å². The molecule has 0 bridgehead atoms. The monoisotopic (exact) mass is 294 g/mol. The van der Waals surface area contributed by atoms with Crippen molar-refractivity contribution in [3.05, 3.63) is 44.6 Å². The largest absolute Gasteiger partial charge is 0.387 e. The van der Waals surface area contributed by atoms with Gasteiger partial charge in [-0.1, -0.05) is 0 Å². The second-order valence-electron chi connectivity index (χ2n) is 4.02. The zero-order valence-electron chi connectivity index (χ0n) is 10.7. The minimum Gasteiger partial charge on any atom is -0.387 e. The molecule has 0 saturated heterocycles. The predicted octanol–water partition coefficient (Wildman–Crippen LogP) is 2.24. The van der Waals surface area contributed by atoms with Gasteiger partial charge < -0.3 is 15.7 Å². The van der Waals surface area contributed by atoms with Crippen molar-refractivity contribution in [1.29, 1.82) is 0 Å². The molecule has 0 amide bonds. The molecule has 0 aliphatic carbocycles. The topological polar surface area (TPSA) is 100 Å². The number of aromatic nitrogens is 1. The highest BCUT2D eigenvalue weighted by Crippen LogP contribution is 2.25. The Kier molecular flexibility index (Phi) is 4.49. The predicted molar refractivity (Wildman–Crippen MR) is 78.2 cm³/mol. The average Bonchev–Trinajstić information content (AvgIpc) is 2.98. The second kappa shape index (κ2) is 6.31. The van der Waals surface area contributed by atoms with Crippen LogP contribution in [0.5, 0.6) is 0 Å². The van der Waals surface area contributed by atoms with Crippen LogP contribution in [0.2, 0.25) is 0 Å². The maximum atomic E-state index is 10.9. The molecule has 0 aliphatic heterocycles. The van der Waals surface area contributed by atoms with E-state index in [2.05, 4.69) is 15.6 Å². The van der Waals surface area contributed by atoms with E-state index >= 15 is 0 Å². The minimum atomic E-state index is -0.735. The average molecular weight is 294 g/mol. The SMILES string of the molecule is CNc1ccc([N+](=O)[O-])c(NCC(O)c2ccsc2)n1. The van der Waals surface area contributed by atoms with E-state index in [1.807, 2.05) is 16.8 Å². The first-order chi connectivity index (χ1) is 9.61. The van der Waals surface area contributed by atoms with Crippen molar-refractivity contribution in [2.75, 3.05) is 24.2 Å². The number of hydrogen-bond acceptors (Lipinski definition) is 7. The van der Waals surface area contributed by atoms with Gasteiger partial charge >= 0.3 is 5.69 Å². The van der Waals surface area contributed by atoms with Gasteiger partial charge in [0, 0.05) is 19.7 Å². The molecule has 0 aliphatic rings. The van der Waals surface area contributed by atoms with Crippen molar-refractivity contribution in [2.24, 2.45) is 0 Å². The van der Waals surface area contributed by atoms with Gasteiger partial charge in [0.1, 0.15) is 5.82 Å². The van der Waals surface area contributed by atoms with E-state index in [4.69, 9.17) is 0 Å². The quantitative estimate of drug-likeness (QED) is 0.558. The number of thiophene rings is 1. The van der Waals surface area contributed by atoms with E-state index < -0.39 is 11.0 Å². The van der Waals surface area contributed by atoms with Crippen LogP contribution in [-0.4, -0.2) is 28.6 Å². The van der Waals surface area contributed by atoms with Gasteiger partial charge in [0.2, 0.25) is 5.82 Å². The molecule has 20 heavy (non-hydrogen) atoms. The van der Waals surface area contributed by atoms with E-state index in [0.717, 1.165) is 5.56 Å². The summed E-state index contributed by atoms with van der Waals surface area (Å²) in [5, 5.41) is 30.2. The van der Waals surface area contributed by atoms with Crippen LogP contribution in [0.15, 0.2) is 29.0 Å². The molecule has 0 saturated carbocycles. The van der Waals surface area contributed by atoms with E-state index in [1.54, 1.807) is 7.05 Å². The number of rotatable bonds is 6. The molecule has 0 fully saturated rings. The molecule has 3 N–H and O–H groups in total. The van der Waals surface area contributed by atoms with Gasteiger partial charge in [-0.05, 0) is 28.5 Å². The summed E-state index contributed by atoms with van der Waals surface area (Å²) >= 11 is 1.48. The van der Waals surface area contributed by atoms with Crippen molar-refractivity contribution in [1.82, 2.24) is 4.98 Å². The van der Waals surface area contributed by atoms with Crippen LogP contribution in [0.3, 0.4) is 0 Å². The number of nitrogens with zero attached hydrogens (tertiary/aromatic N) is 2. The molecule has 2 aromatic rings. The maximum Gasteiger partial charge on any atom is 0.311 e. The molecule has 7 nitrogen and oxygen atoms in total. The number of anilines is 2. The summed E-state index contributed by atoms with van der Waals surface area (Å²) < 4.78 is 0. The third kappa shape index (κ3) is 3.22. The fraction of sp³-hybridized carbons (Fsp3) is 0.250. The van der Waals surface area contributed by atoms with E-state index in [-0.39, 0.29) is 18.1 Å². The highest BCUT2D eigenvalue weighted by molar-refractivity contribution is 7.07. The number of nitrogens with one attached hydrogen (secondary N) is 2. The van der Waals surface area contributed by atoms with Crippen molar-refractivity contribution < 1.29 is 10.0 Å². The maximum absolute atomic E-state index is 10.9. The minimum absolute atomic E-state index is 0.124. The lowest BCUT2D eigenvalue weighted by Gasteiger charge is -2.12. The smallest absolute Gasteiger partial charge is 0.311 e. The van der Waals surface area contributed by atoms with Crippen molar-refractivity contribution in [3.63, 3.8) is 0 Å². The lowest BCUT2D eigenvalue weighted by molar-refractivity contribution is -0.384. The van der Waals surface area contributed by atoms with Crippen LogP contribution in [0.4, 0.5) is 17.3 Å². The zero-order chi connectivity index (χ0) is 14.5. The lowest BCUT2D eigenvalue weighted by Crippen LogP contribution is -2.14. The number of aliphatic hydroxyl groups is 1. The van der Waals surface area contributed by atoms with Crippen LogP contribution in [-0.2, 0) is 0 Å². The third-order valence-electron chi connectivity index (χ3n) is 2.72. The molecule has 1 atom stereocenters. The summed E-state index contributed by atoms with van der Waals surface area (Å²) in [5.74, 6) is 0.652. The Morgan fingerprint density at radius 1 is 1.50 bits per heavy atom.